The fraction of sp³-hybridized carbons (Fsp3) is 0.462. The number of hydrogen-bond donors (Lipinski definition) is 2. The minimum atomic E-state index is -4.41. The number of sulfonamides is 1. The van der Waals surface area contributed by atoms with Crippen LogP contribution in [0.25, 0.3) is 0 Å². The molecule has 1 fully saturated rings. The smallest absolute Gasteiger partial charge is 0.352 e. The van der Waals surface area contributed by atoms with E-state index in [9.17, 15) is 26.4 Å². The Bertz CT molecular complexity index is 673. The van der Waals surface area contributed by atoms with Crippen molar-refractivity contribution in [2.75, 3.05) is 12.8 Å². The van der Waals surface area contributed by atoms with E-state index in [2.05, 4.69) is 5.32 Å². The van der Waals surface area contributed by atoms with E-state index in [1.165, 1.54) is 13.1 Å². The minimum absolute atomic E-state index is 0.219. The standard InChI is InChI=1S/C13H15F3N2O3S/c1-17-22(20,21)7-12(19)18-11-6-10(11)8-3-2-4-9(5-8)13(14,15)16/h2-5,10-11,17H,6-7H2,1H3,(H,18,19)/t10-,11+/m1/s1. The molecular formula is C13H15F3N2O3S. The highest BCUT2D eigenvalue weighted by molar-refractivity contribution is 7.90. The lowest BCUT2D eigenvalue weighted by Crippen LogP contribution is -2.36. The van der Waals surface area contributed by atoms with Gasteiger partial charge in [0.2, 0.25) is 15.9 Å². The molecule has 0 spiro atoms. The first-order valence-corrected chi connectivity index (χ1v) is 8.15. The van der Waals surface area contributed by atoms with E-state index in [1.54, 1.807) is 6.07 Å². The van der Waals surface area contributed by atoms with Crippen LogP contribution in [0.4, 0.5) is 13.2 Å². The van der Waals surface area contributed by atoms with E-state index in [4.69, 9.17) is 0 Å². The van der Waals surface area contributed by atoms with E-state index in [1.807, 2.05) is 4.72 Å². The summed E-state index contributed by atoms with van der Waals surface area (Å²) < 4.78 is 62.4. The molecule has 0 aliphatic heterocycles. The van der Waals surface area contributed by atoms with Gasteiger partial charge >= 0.3 is 6.18 Å². The fourth-order valence-electron chi connectivity index (χ4n) is 2.16. The monoisotopic (exact) mass is 336 g/mol. The molecule has 2 rings (SSSR count). The first-order chi connectivity index (χ1) is 10.1. The molecule has 0 radical (unpaired) electrons. The summed E-state index contributed by atoms with van der Waals surface area (Å²) in [7, 11) is -2.46. The molecule has 1 aromatic rings. The molecule has 1 aliphatic carbocycles. The molecule has 5 nitrogen and oxygen atoms in total. The highest BCUT2D eigenvalue weighted by Crippen LogP contribution is 2.42. The lowest BCUT2D eigenvalue weighted by molar-refractivity contribution is -0.137. The van der Waals surface area contributed by atoms with Gasteiger partial charge in [-0.15, -0.1) is 0 Å². The normalized spacial score (nSPS) is 21.5. The zero-order valence-electron chi connectivity index (χ0n) is 11.6. The Kier molecular flexibility index (Phi) is 4.48. The summed E-state index contributed by atoms with van der Waals surface area (Å²) in [6.45, 7) is 0. The highest BCUT2D eigenvalue weighted by atomic mass is 32.2. The number of hydrogen-bond acceptors (Lipinski definition) is 3. The van der Waals surface area contributed by atoms with Gasteiger partial charge in [-0.3, -0.25) is 4.79 Å². The summed E-state index contributed by atoms with van der Waals surface area (Å²) in [5.41, 5.74) is -0.253. The van der Waals surface area contributed by atoms with E-state index < -0.39 is 33.4 Å². The number of nitrogens with one attached hydrogen (secondary N) is 2. The van der Waals surface area contributed by atoms with Crippen LogP contribution >= 0.6 is 0 Å². The van der Waals surface area contributed by atoms with Crippen LogP contribution < -0.4 is 10.0 Å². The summed E-state index contributed by atoms with van der Waals surface area (Å²) in [4.78, 5) is 11.6. The Hall–Kier alpha value is -1.61. The average molecular weight is 336 g/mol. The molecule has 22 heavy (non-hydrogen) atoms. The van der Waals surface area contributed by atoms with Gasteiger partial charge in [0.05, 0.1) is 5.56 Å². The number of alkyl halides is 3. The van der Waals surface area contributed by atoms with Crippen molar-refractivity contribution in [1.29, 1.82) is 0 Å². The van der Waals surface area contributed by atoms with Crippen molar-refractivity contribution < 1.29 is 26.4 Å². The second-order valence-corrected chi connectivity index (χ2v) is 7.03. The zero-order chi connectivity index (χ0) is 16.5. The molecular weight excluding hydrogens is 321 g/mol. The predicted octanol–water partition coefficient (Wildman–Crippen LogP) is 1.23. The van der Waals surface area contributed by atoms with Gasteiger partial charge in [-0.2, -0.15) is 13.2 Å². The maximum atomic E-state index is 12.6. The molecule has 1 aromatic carbocycles. The Balaban J connectivity index is 1.97. The summed E-state index contributed by atoms with van der Waals surface area (Å²) >= 11 is 0. The lowest BCUT2D eigenvalue weighted by Gasteiger charge is -2.09. The van der Waals surface area contributed by atoms with Gasteiger partial charge in [0.25, 0.3) is 0 Å². The Labute approximate surface area is 125 Å². The molecule has 1 saturated carbocycles. The summed E-state index contributed by atoms with van der Waals surface area (Å²) in [5, 5.41) is 2.51. The van der Waals surface area contributed by atoms with Crippen LogP contribution in [-0.2, 0) is 21.0 Å². The first-order valence-electron chi connectivity index (χ1n) is 6.50. The van der Waals surface area contributed by atoms with Crippen molar-refractivity contribution in [2.45, 2.75) is 24.6 Å². The molecule has 2 atom stereocenters. The maximum absolute atomic E-state index is 12.6. The van der Waals surface area contributed by atoms with Crippen LogP contribution in [0.2, 0.25) is 0 Å². The van der Waals surface area contributed by atoms with Crippen LogP contribution in [0, 0.1) is 0 Å². The van der Waals surface area contributed by atoms with Crippen molar-refractivity contribution in [2.24, 2.45) is 0 Å². The maximum Gasteiger partial charge on any atom is 0.416 e. The average Bonchev–Trinajstić information content (AvgIpc) is 3.16. The largest absolute Gasteiger partial charge is 0.416 e. The van der Waals surface area contributed by atoms with Crippen LogP contribution in [0.1, 0.15) is 23.5 Å². The number of rotatable bonds is 5. The first kappa shape index (κ1) is 16.8. The van der Waals surface area contributed by atoms with Crippen LogP contribution in [-0.4, -0.2) is 33.2 Å². The molecule has 0 saturated heterocycles. The van der Waals surface area contributed by atoms with E-state index in [0.29, 0.717) is 12.0 Å². The zero-order valence-corrected chi connectivity index (χ0v) is 12.5. The van der Waals surface area contributed by atoms with E-state index in [-0.39, 0.29) is 12.0 Å². The minimum Gasteiger partial charge on any atom is -0.352 e. The Morgan fingerprint density at radius 3 is 2.64 bits per heavy atom. The molecule has 0 unspecified atom stereocenters. The number of benzene rings is 1. The van der Waals surface area contributed by atoms with Crippen LogP contribution in [0.3, 0.4) is 0 Å². The molecule has 2 N–H and O–H groups in total. The van der Waals surface area contributed by atoms with E-state index >= 15 is 0 Å². The van der Waals surface area contributed by atoms with Gasteiger partial charge in [0.15, 0.2) is 0 Å². The Morgan fingerprint density at radius 1 is 1.36 bits per heavy atom. The van der Waals surface area contributed by atoms with E-state index in [0.717, 1.165) is 12.1 Å². The molecule has 0 bridgehead atoms. The Morgan fingerprint density at radius 2 is 2.05 bits per heavy atom. The van der Waals surface area contributed by atoms with Crippen molar-refractivity contribution in [3.63, 3.8) is 0 Å². The highest BCUT2D eigenvalue weighted by Gasteiger charge is 2.41. The van der Waals surface area contributed by atoms with Crippen molar-refractivity contribution in [3.05, 3.63) is 35.4 Å². The second kappa shape index (κ2) is 5.88. The third-order valence-electron chi connectivity index (χ3n) is 3.41. The second-order valence-electron chi connectivity index (χ2n) is 5.10. The molecule has 9 heteroatoms. The SMILES string of the molecule is CNS(=O)(=O)CC(=O)N[C@H]1C[C@@H]1c1cccc(C(F)(F)F)c1. The molecule has 0 heterocycles. The summed E-state index contributed by atoms with van der Waals surface area (Å²) in [6, 6.07) is 4.60. The summed E-state index contributed by atoms with van der Waals surface area (Å²) in [5.74, 6) is -1.59. The van der Waals surface area contributed by atoms with Crippen LogP contribution in [0.15, 0.2) is 24.3 Å². The number of carbonyl (C=O) groups is 1. The third-order valence-corrected chi connectivity index (χ3v) is 4.68. The van der Waals surface area contributed by atoms with Gasteiger partial charge in [-0.1, -0.05) is 18.2 Å². The molecule has 1 amide bonds. The van der Waals surface area contributed by atoms with Gasteiger partial charge in [-0.05, 0) is 25.1 Å². The van der Waals surface area contributed by atoms with Gasteiger partial charge in [0, 0.05) is 12.0 Å². The molecule has 0 aromatic heterocycles. The quantitative estimate of drug-likeness (QED) is 0.849. The molecule has 1 aliphatic rings. The number of carbonyl (C=O) groups excluding carboxylic acids is 1. The summed E-state index contributed by atoms with van der Waals surface area (Å²) in [6.07, 6.45) is -3.92. The van der Waals surface area contributed by atoms with Gasteiger partial charge in [0.1, 0.15) is 5.75 Å². The molecule has 122 valence electrons. The van der Waals surface area contributed by atoms with Gasteiger partial charge in [-0.25, -0.2) is 13.1 Å². The predicted molar refractivity (Wildman–Crippen MR) is 73.6 cm³/mol. The van der Waals surface area contributed by atoms with Crippen LogP contribution in [0.5, 0.6) is 0 Å². The number of amides is 1. The van der Waals surface area contributed by atoms with Crippen molar-refractivity contribution in [3.8, 4) is 0 Å². The number of halogens is 3. The topological polar surface area (TPSA) is 75.3 Å². The fourth-order valence-corrected chi connectivity index (χ4v) is 2.73. The van der Waals surface area contributed by atoms with Crippen molar-refractivity contribution >= 4 is 15.9 Å². The lowest BCUT2D eigenvalue weighted by atomic mass is 10.1. The van der Waals surface area contributed by atoms with Gasteiger partial charge < -0.3 is 5.32 Å². The third kappa shape index (κ3) is 4.20. The van der Waals surface area contributed by atoms with Crippen molar-refractivity contribution in [1.82, 2.24) is 10.0 Å².